The molecule has 0 aromatic heterocycles. The Balaban J connectivity index is 0.00000127. The predicted octanol–water partition coefficient (Wildman–Crippen LogP) is 6.02. The summed E-state index contributed by atoms with van der Waals surface area (Å²) in [6.45, 7) is 5.78. The van der Waals surface area contributed by atoms with Crippen LogP contribution in [0.4, 0.5) is 45.5 Å². The number of anilines is 1. The number of nitrogens with zero attached hydrogens (tertiary/aromatic N) is 8. The second kappa shape index (κ2) is 26.9. The molecule has 0 aliphatic rings. The summed E-state index contributed by atoms with van der Waals surface area (Å²) in [5.74, 6) is -17.4. The molecule has 68 heavy (non-hydrogen) atoms. The van der Waals surface area contributed by atoms with Gasteiger partial charge in [0.25, 0.3) is 0 Å². The van der Waals surface area contributed by atoms with Crippen LogP contribution in [0.2, 0.25) is 0 Å². The fourth-order valence-electron chi connectivity index (χ4n) is 5.01. The van der Waals surface area contributed by atoms with Crippen molar-refractivity contribution >= 4 is 117 Å². The van der Waals surface area contributed by atoms with Crippen molar-refractivity contribution in [2.45, 2.75) is 27.7 Å². The number of carboxylic acid groups (broad SMARTS) is 4. The van der Waals surface area contributed by atoms with Crippen molar-refractivity contribution in [1.82, 2.24) is 0 Å². The third kappa shape index (κ3) is 16.2. The summed E-state index contributed by atoms with van der Waals surface area (Å²) in [7, 11) is 1.24. The molecule has 368 valence electrons. The van der Waals surface area contributed by atoms with Gasteiger partial charge in [0.2, 0.25) is 0 Å². The minimum atomic E-state index is -1.76. The molecule has 0 aliphatic heterocycles. The Bertz CT molecular complexity index is 2610. The molecule has 8 amide bonds. The first-order valence-electron chi connectivity index (χ1n) is 17.8. The van der Waals surface area contributed by atoms with Crippen LogP contribution in [0.3, 0.4) is 0 Å². The Labute approximate surface area is 415 Å². The van der Waals surface area contributed by atoms with Crippen molar-refractivity contribution in [3.05, 3.63) is 132 Å². The maximum absolute atomic E-state index is 12.3. The van der Waals surface area contributed by atoms with Gasteiger partial charge in [-0.2, -0.15) is 0 Å². The number of hydrogen-bond acceptors (Lipinski definition) is 12. The first-order chi connectivity index (χ1) is 30.4. The second-order valence-electron chi connectivity index (χ2n) is 12.7. The monoisotopic (exact) mass is 1080 g/mol. The molecule has 0 spiro atoms. The van der Waals surface area contributed by atoms with Gasteiger partial charge in [0.05, 0.1) is 0 Å². The van der Waals surface area contributed by atoms with Crippen LogP contribution in [-0.4, -0.2) is 98.6 Å². The average Bonchev–Trinajstić information content (AvgIpc) is 3.25. The Morgan fingerprint density at radius 1 is 0.368 bits per heavy atom. The Morgan fingerprint density at radius 3 is 0.794 bits per heavy atom. The maximum Gasteiger partial charge on any atom is 2.00 e. The fraction of sp³-hybridized carbons (Fsp3) is 0.122. The van der Waals surface area contributed by atoms with Gasteiger partial charge in [-0.15, -0.1) is 39.8 Å². The largest absolute Gasteiger partial charge is 2.00 e. The number of aliphatic carboxylic acids is 4. The summed E-state index contributed by atoms with van der Waals surface area (Å²) in [6, 6.07) is 16.5. The molecule has 0 saturated carbocycles. The molecule has 4 N–H and O–H groups in total. The minimum Gasteiger partial charge on any atom is -0.621 e. The van der Waals surface area contributed by atoms with E-state index in [1.807, 2.05) is 0 Å². The van der Waals surface area contributed by atoms with Crippen LogP contribution in [0.1, 0.15) is 22.3 Å². The van der Waals surface area contributed by atoms with Gasteiger partial charge in [0.15, 0.2) is 17.7 Å². The molecule has 24 nitrogen and oxygen atoms in total. The van der Waals surface area contributed by atoms with E-state index in [-0.39, 0.29) is 119 Å². The predicted molar refractivity (Wildman–Crippen MR) is 225 cm³/mol. The summed E-state index contributed by atoms with van der Waals surface area (Å²) >= 11 is 0. The first-order valence-corrected chi connectivity index (χ1v) is 17.8. The number of carboxylic acids is 4. The zero-order valence-electron chi connectivity index (χ0n) is 35.1. The van der Waals surface area contributed by atoms with Crippen molar-refractivity contribution < 1.29 is 129 Å². The molecule has 2 radical (unpaired) electrons. The Kier molecular flexibility index (Phi) is 23.8. The summed E-state index contributed by atoms with van der Waals surface area (Å²) in [6.07, 6.45) is 0. The molecule has 4 aromatic carbocycles. The van der Waals surface area contributed by atoms with Crippen molar-refractivity contribution in [2.75, 3.05) is 11.9 Å². The van der Waals surface area contributed by atoms with Crippen LogP contribution in [0, 0.1) is 27.7 Å². The molecule has 0 unspecified atom stereocenters. The number of carbonyl (C=O) groups is 12. The molecular weight excluding hydrogens is 1050 g/mol. The molecule has 0 saturated heterocycles. The van der Waals surface area contributed by atoms with E-state index in [0.717, 1.165) is 4.90 Å². The van der Waals surface area contributed by atoms with Gasteiger partial charge in [-0.1, -0.05) is 83.4 Å². The van der Waals surface area contributed by atoms with Gasteiger partial charge in [-0.3, -0.25) is 4.79 Å². The van der Waals surface area contributed by atoms with E-state index < -0.39 is 71.1 Å². The topological polar surface area (TPSA) is 388 Å². The normalized spacial score (nSPS) is 9.54. The van der Waals surface area contributed by atoms with E-state index >= 15 is 0 Å². The van der Waals surface area contributed by atoms with E-state index in [4.69, 9.17) is 20.4 Å². The maximum atomic E-state index is 12.3. The summed E-state index contributed by atoms with van der Waals surface area (Å²) in [5, 5.41) is 59.7. The zero-order valence-corrected chi connectivity index (χ0v) is 37.9. The van der Waals surface area contributed by atoms with Crippen LogP contribution >= 0.6 is 0 Å². The third-order valence-electron chi connectivity index (χ3n) is 8.42. The van der Waals surface area contributed by atoms with Crippen LogP contribution in [0.15, 0.2) is 72.8 Å². The smallest absolute Gasteiger partial charge is 0.621 e. The van der Waals surface area contributed by atoms with Gasteiger partial charge in [-0.25, -0.2) is 19.2 Å². The average molecular weight is 1080 g/mol. The van der Waals surface area contributed by atoms with Crippen LogP contribution in [0.25, 0.3) is 37.2 Å². The number of rotatable bonds is 8. The molecule has 0 atom stereocenters. The van der Waals surface area contributed by atoms with Crippen LogP contribution in [0.5, 0.6) is 0 Å². The van der Waals surface area contributed by atoms with Gasteiger partial charge in [0.1, 0.15) is 23.6 Å². The quantitative estimate of drug-likeness (QED) is 0.116. The van der Waals surface area contributed by atoms with Crippen molar-refractivity contribution in [2.24, 2.45) is 0 Å². The molecule has 0 heterocycles. The SMILES string of the molecule is Cc1c([N-]C(=O)C(=O)O)cccc1[N-]C(=O)C(=O)[N-]c1cccc(N(C)C(=O)C(=O)O)c1C.Cc1c([N-]C(=O)C(=O)O)cccc1[N-]C(=O)C(=O)[N-]c1cccc([N-]C(=O)C(=O)O)c1C.[Cu+2].[Cu+].[Cu]. The summed E-state index contributed by atoms with van der Waals surface area (Å²) < 4.78 is 0. The standard InChI is InChI=1S/C21H20N4O8.C20H18N4O8.3Cu/c1-10-12(6-4-7-13(10)24-18(28)20(30)31)22-16(26)17(27)23-14-8-5-9-15(11(14)2)25(3)19(29)21(32)33;1-9-11(5-3-7-13(9)23-17(27)19(29)30)21-15(25)16(26)22-12-6-4-8-14(10(12)2)24-18(28)20(31)32;;;/h4-9H,1-3H3,(H5,22,23,24,26,27,28,30,31,32,33);3-8H,1-2H3,(H6,21,22,23,24,25,26,27,28,29,30,31,32);;;/q;;;+1;+2/p-7. The van der Waals surface area contributed by atoms with Gasteiger partial charge >= 0.3 is 63.9 Å². The summed E-state index contributed by atoms with van der Waals surface area (Å²) in [5.41, 5.74) is 0.882. The number of carbonyl (C=O) groups excluding carboxylic acids is 8. The molecule has 4 rings (SSSR count). The van der Waals surface area contributed by atoms with Gasteiger partial charge in [0, 0.05) is 29.8 Å². The Morgan fingerprint density at radius 2 is 0.574 bits per heavy atom. The number of benzene rings is 4. The molecule has 4 aromatic rings. The second-order valence-corrected chi connectivity index (χ2v) is 12.7. The van der Waals surface area contributed by atoms with Gasteiger partial charge in [-0.05, 0) is 39.3 Å². The molecule has 0 fully saturated rings. The minimum absolute atomic E-state index is 0. The van der Waals surface area contributed by atoms with E-state index in [1.165, 1.54) is 108 Å². The number of amides is 8. The van der Waals surface area contributed by atoms with E-state index in [1.54, 1.807) is 0 Å². The van der Waals surface area contributed by atoms with E-state index in [0.29, 0.717) is 0 Å². The van der Waals surface area contributed by atoms with Crippen molar-refractivity contribution in [3.8, 4) is 0 Å². The molecule has 0 bridgehead atoms. The Hall–Kier alpha value is -7.92. The zero-order chi connectivity index (χ0) is 48.9. The van der Waals surface area contributed by atoms with Crippen molar-refractivity contribution in [1.29, 1.82) is 0 Å². The molecular formula is C41H31Cu3N8O16-4. The molecule has 27 heteroatoms. The molecule has 0 aliphatic carbocycles. The van der Waals surface area contributed by atoms with Gasteiger partial charge < -0.3 is 96.1 Å². The number of hydrogen-bond donors (Lipinski definition) is 4. The van der Waals surface area contributed by atoms with Crippen LogP contribution < -0.4 is 4.90 Å². The van der Waals surface area contributed by atoms with E-state index in [2.05, 4.69) is 37.2 Å². The number of likely N-dealkylation sites (N-methyl/N-ethyl adjacent to an activating group) is 1. The van der Waals surface area contributed by atoms with Crippen LogP contribution in [-0.2, 0) is 109 Å². The van der Waals surface area contributed by atoms with E-state index in [9.17, 15) is 57.5 Å². The summed E-state index contributed by atoms with van der Waals surface area (Å²) in [4.78, 5) is 138. The fourth-order valence-corrected chi connectivity index (χ4v) is 5.01. The van der Waals surface area contributed by atoms with Crippen molar-refractivity contribution in [3.63, 3.8) is 0 Å². The third-order valence-corrected chi connectivity index (χ3v) is 8.42. The first kappa shape index (κ1) is 60.1.